The molecular weight excluding hydrogens is 280 g/mol. The van der Waals surface area contributed by atoms with E-state index in [1.54, 1.807) is 19.1 Å². The number of aliphatic carboxylic acids is 1. The molecule has 0 aliphatic heterocycles. The van der Waals surface area contributed by atoms with Crippen molar-refractivity contribution in [2.45, 2.75) is 13.8 Å². The average molecular weight is 292 g/mol. The molecule has 1 amide bonds. The Hall–Kier alpha value is -2.41. The maximum atomic E-state index is 12.0. The van der Waals surface area contributed by atoms with Gasteiger partial charge in [0.05, 0.1) is 10.6 Å². The quantitative estimate of drug-likeness (QED) is 0.845. The molecule has 2 N–H and O–H groups in total. The third kappa shape index (κ3) is 3.33. The van der Waals surface area contributed by atoms with Crippen molar-refractivity contribution in [3.8, 4) is 0 Å². The number of amides is 1. The van der Waals surface area contributed by atoms with Gasteiger partial charge in [-0.05, 0) is 31.6 Å². The second-order valence-corrected chi connectivity index (χ2v) is 5.20. The third-order valence-corrected chi connectivity index (χ3v) is 3.62. The summed E-state index contributed by atoms with van der Waals surface area (Å²) in [6.07, 6.45) is 2.51. The van der Waals surface area contributed by atoms with Gasteiger partial charge in [0, 0.05) is 17.0 Å². The van der Waals surface area contributed by atoms with Crippen LogP contribution in [0.2, 0.25) is 0 Å². The van der Waals surface area contributed by atoms with Crippen molar-refractivity contribution in [3.63, 3.8) is 0 Å². The summed E-state index contributed by atoms with van der Waals surface area (Å²) in [5.74, 6) is -1.06. The number of rotatable bonds is 4. The first-order chi connectivity index (χ1) is 9.45. The van der Waals surface area contributed by atoms with Gasteiger partial charge in [-0.3, -0.25) is 10.1 Å². The Balaban J connectivity index is 2.15. The Morgan fingerprint density at radius 2 is 2.15 bits per heavy atom. The number of nitrogens with zero attached hydrogens (tertiary/aromatic N) is 1. The molecule has 20 heavy (non-hydrogen) atoms. The highest BCUT2D eigenvalue weighted by atomic mass is 32.1. The molecular formula is C13H12N2O4S. The zero-order valence-corrected chi connectivity index (χ0v) is 11.7. The molecule has 0 spiro atoms. The van der Waals surface area contributed by atoms with Crippen molar-refractivity contribution in [2.75, 3.05) is 5.32 Å². The summed E-state index contributed by atoms with van der Waals surface area (Å²) < 4.78 is 4.90. The number of carboxylic acids is 1. The highest BCUT2D eigenvalue weighted by Gasteiger charge is 2.13. The summed E-state index contributed by atoms with van der Waals surface area (Å²) in [5, 5.41) is 14.9. The van der Waals surface area contributed by atoms with Crippen LogP contribution in [0, 0.1) is 13.8 Å². The molecule has 0 aliphatic carbocycles. The summed E-state index contributed by atoms with van der Waals surface area (Å²) in [6.45, 7) is 3.57. The first-order valence-electron chi connectivity index (χ1n) is 5.72. The lowest BCUT2D eigenvalue weighted by molar-refractivity contribution is -0.131. The van der Waals surface area contributed by atoms with Crippen molar-refractivity contribution in [1.29, 1.82) is 0 Å². The molecule has 2 heterocycles. The van der Waals surface area contributed by atoms with Gasteiger partial charge in [-0.1, -0.05) is 5.16 Å². The smallest absolute Gasteiger partial charge is 0.328 e. The Morgan fingerprint density at radius 1 is 1.40 bits per heavy atom. The normalized spacial score (nSPS) is 10.9. The van der Waals surface area contributed by atoms with E-state index in [1.807, 2.05) is 6.92 Å². The molecule has 0 saturated carbocycles. The fourth-order valence-corrected chi connectivity index (χ4v) is 2.49. The van der Waals surface area contributed by atoms with Gasteiger partial charge in [0.25, 0.3) is 5.91 Å². The lowest BCUT2D eigenvalue weighted by Gasteiger charge is -1.96. The maximum Gasteiger partial charge on any atom is 0.328 e. The summed E-state index contributed by atoms with van der Waals surface area (Å²) in [5.41, 5.74) is 1.51. The SMILES string of the molecule is Cc1cc(NC(=O)c2cc(C)c(/C=C/C(=O)O)s2)on1. The minimum atomic E-state index is -1.03. The number of aromatic nitrogens is 1. The number of carbonyl (C=O) groups is 2. The van der Waals surface area contributed by atoms with Gasteiger partial charge in [0.1, 0.15) is 0 Å². The van der Waals surface area contributed by atoms with Crippen LogP contribution >= 0.6 is 11.3 Å². The number of anilines is 1. The summed E-state index contributed by atoms with van der Waals surface area (Å²) >= 11 is 1.21. The van der Waals surface area contributed by atoms with E-state index in [2.05, 4.69) is 10.5 Å². The van der Waals surface area contributed by atoms with Crippen molar-refractivity contribution in [1.82, 2.24) is 5.16 Å². The number of carboxylic acid groups (broad SMARTS) is 1. The Morgan fingerprint density at radius 3 is 2.75 bits per heavy atom. The van der Waals surface area contributed by atoms with Crippen molar-refractivity contribution < 1.29 is 19.2 Å². The predicted molar refractivity (Wildman–Crippen MR) is 74.9 cm³/mol. The number of nitrogens with one attached hydrogen (secondary N) is 1. The zero-order valence-electron chi connectivity index (χ0n) is 10.8. The molecule has 2 aromatic heterocycles. The Labute approximate surface area is 118 Å². The van der Waals surface area contributed by atoms with E-state index in [0.29, 0.717) is 10.6 Å². The number of thiophene rings is 1. The number of hydrogen-bond acceptors (Lipinski definition) is 5. The lowest BCUT2D eigenvalue weighted by Crippen LogP contribution is -2.09. The summed E-state index contributed by atoms with van der Waals surface area (Å²) in [7, 11) is 0. The van der Waals surface area contributed by atoms with Crippen LogP contribution in [0.1, 0.15) is 25.8 Å². The molecule has 2 rings (SSSR count). The van der Waals surface area contributed by atoms with E-state index >= 15 is 0 Å². The second-order valence-electron chi connectivity index (χ2n) is 4.12. The fraction of sp³-hybridized carbons (Fsp3) is 0.154. The van der Waals surface area contributed by atoms with E-state index < -0.39 is 5.97 Å². The lowest BCUT2D eigenvalue weighted by atomic mass is 10.2. The molecule has 0 unspecified atom stereocenters. The van der Waals surface area contributed by atoms with Crippen LogP contribution in [0.4, 0.5) is 5.88 Å². The molecule has 0 atom stereocenters. The molecule has 0 aliphatic rings. The van der Waals surface area contributed by atoms with Crippen LogP contribution in [0.15, 0.2) is 22.7 Å². The topological polar surface area (TPSA) is 92.4 Å². The molecule has 0 radical (unpaired) electrons. The van der Waals surface area contributed by atoms with Crippen molar-refractivity contribution in [3.05, 3.63) is 39.2 Å². The van der Waals surface area contributed by atoms with Gasteiger partial charge < -0.3 is 9.63 Å². The van der Waals surface area contributed by atoms with Crippen LogP contribution < -0.4 is 5.32 Å². The zero-order chi connectivity index (χ0) is 14.7. The van der Waals surface area contributed by atoms with Gasteiger partial charge in [0.2, 0.25) is 5.88 Å². The highest BCUT2D eigenvalue weighted by Crippen LogP contribution is 2.24. The number of hydrogen-bond donors (Lipinski definition) is 2. The molecule has 0 saturated heterocycles. The van der Waals surface area contributed by atoms with E-state index in [9.17, 15) is 9.59 Å². The van der Waals surface area contributed by atoms with Crippen LogP contribution in [0.5, 0.6) is 0 Å². The van der Waals surface area contributed by atoms with E-state index in [0.717, 1.165) is 16.5 Å². The fourth-order valence-electron chi connectivity index (χ4n) is 1.52. The molecule has 104 valence electrons. The molecule has 7 heteroatoms. The predicted octanol–water partition coefficient (Wildman–Crippen LogP) is 2.70. The highest BCUT2D eigenvalue weighted by molar-refractivity contribution is 7.15. The van der Waals surface area contributed by atoms with E-state index in [4.69, 9.17) is 9.63 Å². The van der Waals surface area contributed by atoms with E-state index in [1.165, 1.54) is 17.4 Å². The van der Waals surface area contributed by atoms with Gasteiger partial charge in [0.15, 0.2) is 0 Å². The van der Waals surface area contributed by atoms with E-state index in [-0.39, 0.29) is 11.8 Å². The number of carbonyl (C=O) groups excluding carboxylic acids is 1. The molecule has 0 fully saturated rings. The largest absolute Gasteiger partial charge is 0.478 e. The molecule has 6 nitrogen and oxygen atoms in total. The third-order valence-electron chi connectivity index (χ3n) is 2.42. The number of aryl methyl sites for hydroxylation is 2. The van der Waals surface area contributed by atoms with Gasteiger partial charge in [-0.15, -0.1) is 11.3 Å². The van der Waals surface area contributed by atoms with Crippen LogP contribution in [-0.2, 0) is 4.79 Å². The van der Waals surface area contributed by atoms with Gasteiger partial charge >= 0.3 is 5.97 Å². The van der Waals surface area contributed by atoms with Crippen molar-refractivity contribution in [2.24, 2.45) is 0 Å². The Kier molecular flexibility index (Phi) is 3.99. The summed E-state index contributed by atoms with van der Waals surface area (Å²) in [4.78, 5) is 23.7. The monoisotopic (exact) mass is 292 g/mol. The summed E-state index contributed by atoms with van der Waals surface area (Å²) in [6, 6.07) is 3.31. The first kappa shape index (κ1) is 14.0. The Bertz CT molecular complexity index is 684. The second kappa shape index (κ2) is 5.70. The van der Waals surface area contributed by atoms with Crippen LogP contribution in [-0.4, -0.2) is 22.1 Å². The molecule has 2 aromatic rings. The minimum absolute atomic E-state index is 0.279. The average Bonchev–Trinajstić information content (AvgIpc) is 2.93. The van der Waals surface area contributed by atoms with Gasteiger partial charge in [-0.25, -0.2) is 4.79 Å². The minimum Gasteiger partial charge on any atom is -0.478 e. The first-order valence-corrected chi connectivity index (χ1v) is 6.53. The molecule has 0 aromatic carbocycles. The maximum absolute atomic E-state index is 12.0. The van der Waals surface area contributed by atoms with Crippen LogP contribution in [0.3, 0.4) is 0 Å². The molecule has 0 bridgehead atoms. The van der Waals surface area contributed by atoms with Crippen molar-refractivity contribution >= 4 is 35.2 Å². The van der Waals surface area contributed by atoms with Crippen LogP contribution in [0.25, 0.3) is 6.08 Å². The van der Waals surface area contributed by atoms with Gasteiger partial charge in [-0.2, -0.15) is 0 Å². The standard InChI is InChI=1S/C13H12N2O4S/c1-7-5-10(20-9(7)3-4-12(16)17)13(18)14-11-6-8(2)15-19-11/h3-6H,1-2H3,(H,14,18)(H,16,17)/b4-3+.